The minimum absolute atomic E-state index is 0.0366. The molecule has 0 heterocycles. The van der Waals surface area contributed by atoms with Crippen molar-refractivity contribution in [1.29, 1.82) is 0 Å². The second-order valence-corrected chi connectivity index (χ2v) is 4.85. The second-order valence-electron chi connectivity index (χ2n) is 4.85. The first kappa shape index (κ1) is 14.5. The maximum atomic E-state index is 13.5. The third kappa shape index (κ3) is 3.33. The normalized spacial score (nSPS) is 12.2. The summed E-state index contributed by atoms with van der Waals surface area (Å²) >= 11 is 0. The Hall–Kier alpha value is -1.94. The number of nitrogens with two attached hydrogens (primary N) is 1. The van der Waals surface area contributed by atoms with E-state index in [1.165, 1.54) is 12.1 Å². The quantitative estimate of drug-likeness (QED) is 0.920. The molecule has 106 valence electrons. The molecule has 0 bridgehead atoms. The third-order valence-electron chi connectivity index (χ3n) is 3.05. The van der Waals surface area contributed by atoms with Gasteiger partial charge in [-0.25, -0.2) is 8.78 Å². The first-order chi connectivity index (χ1) is 9.47. The van der Waals surface area contributed by atoms with Crippen LogP contribution >= 0.6 is 0 Å². The summed E-state index contributed by atoms with van der Waals surface area (Å²) in [6.07, 6.45) is 0. The number of hydrogen-bond acceptors (Lipinski definition) is 2. The van der Waals surface area contributed by atoms with Gasteiger partial charge < -0.3 is 10.5 Å². The molecule has 2 aromatic rings. The topological polar surface area (TPSA) is 35.2 Å². The molecule has 2 N–H and O–H groups in total. The Labute approximate surface area is 117 Å². The molecule has 0 saturated carbocycles. The Morgan fingerprint density at radius 3 is 2.55 bits per heavy atom. The van der Waals surface area contributed by atoms with Gasteiger partial charge in [0.1, 0.15) is 24.0 Å². The minimum atomic E-state index is -0.612. The number of ether oxygens (including phenoxy) is 1. The maximum Gasteiger partial charge on any atom is 0.132 e. The Bertz CT molecular complexity index is 611. The van der Waals surface area contributed by atoms with E-state index in [0.717, 1.165) is 17.2 Å². The highest BCUT2D eigenvalue weighted by Crippen LogP contribution is 2.26. The molecule has 0 spiro atoms. The molecule has 4 heteroatoms. The van der Waals surface area contributed by atoms with Crippen molar-refractivity contribution in [2.24, 2.45) is 5.73 Å². The predicted molar refractivity (Wildman–Crippen MR) is 74.5 cm³/mol. The van der Waals surface area contributed by atoms with Gasteiger partial charge in [0.15, 0.2) is 0 Å². The van der Waals surface area contributed by atoms with E-state index in [2.05, 4.69) is 0 Å². The average molecular weight is 277 g/mol. The minimum Gasteiger partial charge on any atom is -0.488 e. The molecular formula is C16H17F2NO. The van der Waals surface area contributed by atoms with Gasteiger partial charge in [-0.05, 0) is 32.0 Å². The highest BCUT2D eigenvalue weighted by Gasteiger charge is 2.10. The predicted octanol–water partition coefficient (Wildman–Crippen LogP) is 3.87. The highest BCUT2D eigenvalue weighted by atomic mass is 19.1. The molecule has 2 rings (SSSR count). The van der Waals surface area contributed by atoms with Gasteiger partial charge in [-0.1, -0.05) is 17.7 Å². The fourth-order valence-electron chi connectivity index (χ4n) is 1.95. The summed E-state index contributed by atoms with van der Waals surface area (Å²) in [7, 11) is 0. The largest absolute Gasteiger partial charge is 0.488 e. The van der Waals surface area contributed by atoms with Gasteiger partial charge in [0, 0.05) is 23.2 Å². The van der Waals surface area contributed by atoms with Crippen LogP contribution in [0.15, 0.2) is 36.4 Å². The maximum absolute atomic E-state index is 13.5. The van der Waals surface area contributed by atoms with Gasteiger partial charge in [-0.3, -0.25) is 0 Å². The van der Waals surface area contributed by atoms with Crippen molar-refractivity contribution >= 4 is 0 Å². The van der Waals surface area contributed by atoms with Crippen molar-refractivity contribution < 1.29 is 13.5 Å². The van der Waals surface area contributed by atoms with Crippen molar-refractivity contribution in [3.8, 4) is 5.75 Å². The third-order valence-corrected chi connectivity index (χ3v) is 3.05. The zero-order valence-corrected chi connectivity index (χ0v) is 11.5. The van der Waals surface area contributed by atoms with Crippen LogP contribution in [0, 0.1) is 18.6 Å². The second kappa shape index (κ2) is 6.01. The molecule has 0 radical (unpaired) electrons. The van der Waals surface area contributed by atoms with Gasteiger partial charge in [-0.15, -0.1) is 0 Å². The van der Waals surface area contributed by atoms with E-state index < -0.39 is 11.6 Å². The molecule has 0 fully saturated rings. The number of hydrogen-bond donors (Lipinski definition) is 1. The number of benzene rings is 2. The van der Waals surface area contributed by atoms with Crippen molar-refractivity contribution in [1.82, 2.24) is 0 Å². The highest BCUT2D eigenvalue weighted by molar-refractivity contribution is 5.39. The van der Waals surface area contributed by atoms with Crippen molar-refractivity contribution in [3.05, 3.63) is 64.7 Å². The van der Waals surface area contributed by atoms with Crippen molar-refractivity contribution in [3.63, 3.8) is 0 Å². The van der Waals surface area contributed by atoms with Gasteiger partial charge in [0.05, 0.1) is 0 Å². The molecule has 2 aromatic carbocycles. The molecule has 2 nitrogen and oxygen atoms in total. The molecule has 0 aromatic heterocycles. The van der Waals surface area contributed by atoms with E-state index in [1.54, 1.807) is 0 Å². The summed E-state index contributed by atoms with van der Waals surface area (Å²) in [4.78, 5) is 0. The fourth-order valence-corrected chi connectivity index (χ4v) is 1.95. The van der Waals surface area contributed by atoms with E-state index in [9.17, 15) is 8.78 Å². The summed E-state index contributed by atoms with van der Waals surface area (Å²) in [5, 5.41) is 0. The summed E-state index contributed by atoms with van der Waals surface area (Å²) in [5.74, 6) is -0.591. The van der Waals surface area contributed by atoms with Crippen LogP contribution in [0.5, 0.6) is 5.75 Å². The molecule has 0 aliphatic rings. The molecular weight excluding hydrogens is 260 g/mol. The van der Waals surface area contributed by atoms with Crippen LogP contribution in [0.1, 0.15) is 29.7 Å². The van der Waals surface area contributed by atoms with Crippen LogP contribution in [0.3, 0.4) is 0 Å². The standard InChI is InChI=1S/C16H17F2NO/c1-10-3-6-16(14(7-10)11(2)19)20-9-12-4-5-13(17)8-15(12)18/h3-8,11H,9,19H2,1-2H3/t11-/m1/s1. The van der Waals surface area contributed by atoms with E-state index in [-0.39, 0.29) is 12.6 Å². The SMILES string of the molecule is Cc1ccc(OCc2ccc(F)cc2F)c([C@@H](C)N)c1. The van der Waals surface area contributed by atoms with Gasteiger partial charge in [-0.2, -0.15) is 0 Å². The lowest BCUT2D eigenvalue weighted by Crippen LogP contribution is -2.09. The summed E-state index contributed by atoms with van der Waals surface area (Å²) in [5.41, 5.74) is 8.16. The number of aryl methyl sites for hydroxylation is 1. The lowest BCUT2D eigenvalue weighted by Gasteiger charge is -2.15. The summed E-state index contributed by atoms with van der Waals surface area (Å²) < 4.78 is 32.0. The van der Waals surface area contributed by atoms with Crippen LogP contribution in [-0.4, -0.2) is 0 Å². The monoisotopic (exact) mass is 277 g/mol. The van der Waals surface area contributed by atoms with E-state index in [0.29, 0.717) is 11.3 Å². The van der Waals surface area contributed by atoms with Gasteiger partial charge in [0.25, 0.3) is 0 Å². The molecule has 0 amide bonds. The molecule has 0 aliphatic heterocycles. The molecule has 20 heavy (non-hydrogen) atoms. The zero-order valence-electron chi connectivity index (χ0n) is 11.5. The fraction of sp³-hybridized carbons (Fsp3) is 0.250. The first-order valence-electron chi connectivity index (χ1n) is 6.40. The van der Waals surface area contributed by atoms with Gasteiger partial charge >= 0.3 is 0 Å². The first-order valence-corrected chi connectivity index (χ1v) is 6.40. The molecule has 0 aliphatic carbocycles. The van der Waals surface area contributed by atoms with E-state index in [4.69, 9.17) is 10.5 Å². The van der Waals surface area contributed by atoms with Crippen LogP contribution in [-0.2, 0) is 6.61 Å². The Morgan fingerprint density at radius 2 is 1.90 bits per heavy atom. The molecule has 1 atom stereocenters. The summed E-state index contributed by atoms with van der Waals surface area (Å²) in [6, 6.07) is 8.93. The van der Waals surface area contributed by atoms with Crippen LogP contribution in [0.4, 0.5) is 8.78 Å². The Kier molecular flexibility index (Phi) is 4.35. The Balaban J connectivity index is 2.18. The average Bonchev–Trinajstić information content (AvgIpc) is 2.38. The van der Waals surface area contributed by atoms with Crippen LogP contribution in [0.2, 0.25) is 0 Å². The molecule has 0 unspecified atom stereocenters. The van der Waals surface area contributed by atoms with Crippen molar-refractivity contribution in [2.45, 2.75) is 26.5 Å². The van der Waals surface area contributed by atoms with E-state index in [1.807, 2.05) is 32.0 Å². The number of halogens is 2. The van der Waals surface area contributed by atoms with Gasteiger partial charge in [0.2, 0.25) is 0 Å². The Morgan fingerprint density at radius 1 is 1.15 bits per heavy atom. The van der Waals surface area contributed by atoms with Crippen molar-refractivity contribution in [2.75, 3.05) is 0 Å². The zero-order chi connectivity index (χ0) is 14.7. The summed E-state index contributed by atoms with van der Waals surface area (Å²) in [6.45, 7) is 3.87. The number of rotatable bonds is 4. The lowest BCUT2D eigenvalue weighted by molar-refractivity contribution is 0.295. The van der Waals surface area contributed by atoms with Crippen LogP contribution < -0.4 is 10.5 Å². The van der Waals surface area contributed by atoms with E-state index >= 15 is 0 Å². The molecule has 0 saturated heterocycles. The van der Waals surface area contributed by atoms with Crippen LogP contribution in [0.25, 0.3) is 0 Å². The lowest BCUT2D eigenvalue weighted by atomic mass is 10.1. The smallest absolute Gasteiger partial charge is 0.132 e.